The molecule has 0 saturated carbocycles. The van der Waals surface area contributed by atoms with Crippen molar-refractivity contribution in [2.45, 2.75) is 187 Å². The van der Waals surface area contributed by atoms with E-state index in [9.17, 15) is 19.2 Å². The highest BCUT2D eigenvalue weighted by Gasteiger charge is 2.19. The zero-order valence-electron chi connectivity index (χ0n) is 28.2. The van der Waals surface area contributed by atoms with Crippen LogP contribution in [0.5, 0.6) is 0 Å². The molecule has 0 saturated heterocycles. The summed E-state index contributed by atoms with van der Waals surface area (Å²) < 4.78 is 5.95. The summed E-state index contributed by atoms with van der Waals surface area (Å²) in [6, 6.07) is -1.38. The minimum Gasteiger partial charge on any atom is -0.480 e. The Morgan fingerprint density at radius 1 is 0.591 bits per heavy atom. The zero-order valence-corrected chi connectivity index (χ0v) is 28.2. The van der Waals surface area contributed by atoms with Crippen LogP contribution in [0.1, 0.15) is 174 Å². The van der Waals surface area contributed by atoms with Crippen LogP contribution >= 0.6 is 0 Å². The van der Waals surface area contributed by atoms with Crippen molar-refractivity contribution in [3.63, 3.8) is 0 Å². The number of hydrogen-bond acceptors (Lipinski definition) is 6. The average molecular weight is 627 g/mol. The molecule has 0 radical (unpaired) electrons. The van der Waals surface area contributed by atoms with Crippen molar-refractivity contribution in [1.82, 2.24) is 10.6 Å². The highest BCUT2D eigenvalue weighted by Crippen LogP contribution is 2.18. The van der Waals surface area contributed by atoms with Crippen LogP contribution < -0.4 is 10.6 Å². The third-order valence-electron chi connectivity index (χ3n) is 8.10. The SMILES string of the molecule is CCCCCCCCCCCC(=O)OC(CCCCCCCCC)CCCCCCCC(=O)NCC(=O)NC(CO)C(=O)O. The number of aliphatic hydroxyl groups excluding tert-OH is 1. The monoisotopic (exact) mass is 626 g/mol. The van der Waals surface area contributed by atoms with Crippen molar-refractivity contribution in [2.24, 2.45) is 0 Å². The Morgan fingerprint density at radius 3 is 1.48 bits per heavy atom. The number of esters is 1. The smallest absolute Gasteiger partial charge is 0.328 e. The number of carbonyl (C=O) groups is 4. The Labute approximate surface area is 268 Å². The predicted octanol–water partition coefficient (Wildman–Crippen LogP) is 7.37. The average Bonchev–Trinajstić information content (AvgIpc) is 3.00. The van der Waals surface area contributed by atoms with Gasteiger partial charge in [0.1, 0.15) is 12.1 Å². The summed E-state index contributed by atoms with van der Waals surface area (Å²) in [5.74, 6) is -2.29. The van der Waals surface area contributed by atoms with Crippen LogP contribution in [0.2, 0.25) is 0 Å². The van der Waals surface area contributed by atoms with Gasteiger partial charge in [-0.1, -0.05) is 123 Å². The Hall–Kier alpha value is -2.16. The van der Waals surface area contributed by atoms with Gasteiger partial charge >= 0.3 is 11.9 Å². The van der Waals surface area contributed by atoms with Gasteiger partial charge in [0, 0.05) is 12.8 Å². The molecule has 2 atom stereocenters. The maximum Gasteiger partial charge on any atom is 0.328 e. The number of amides is 2. The number of unbranched alkanes of at least 4 members (excludes halogenated alkanes) is 18. The maximum atomic E-state index is 12.6. The molecule has 0 spiro atoms. The maximum absolute atomic E-state index is 12.6. The minimum absolute atomic E-state index is 0.000176. The first-order chi connectivity index (χ1) is 21.3. The molecular formula is C35H66N2O7. The first-order valence-corrected chi connectivity index (χ1v) is 17.9. The highest BCUT2D eigenvalue weighted by atomic mass is 16.5. The second-order valence-electron chi connectivity index (χ2n) is 12.3. The van der Waals surface area contributed by atoms with Gasteiger partial charge in [-0.25, -0.2) is 4.79 Å². The Bertz CT molecular complexity index is 732. The van der Waals surface area contributed by atoms with Crippen LogP contribution in [0.25, 0.3) is 0 Å². The van der Waals surface area contributed by atoms with E-state index >= 15 is 0 Å². The fourth-order valence-corrected chi connectivity index (χ4v) is 5.30. The Balaban J connectivity index is 4.19. The van der Waals surface area contributed by atoms with E-state index in [0.29, 0.717) is 19.3 Å². The molecule has 4 N–H and O–H groups in total. The number of carbonyl (C=O) groups excluding carboxylic acids is 3. The molecule has 44 heavy (non-hydrogen) atoms. The molecule has 0 heterocycles. The van der Waals surface area contributed by atoms with E-state index in [0.717, 1.165) is 57.8 Å². The van der Waals surface area contributed by atoms with Crippen LogP contribution in [-0.4, -0.2) is 59.3 Å². The van der Waals surface area contributed by atoms with Crippen LogP contribution in [-0.2, 0) is 23.9 Å². The lowest BCUT2D eigenvalue weighted by atomic mass is 10.0. The molecule has 0 rings (SSSR count). The van der Waals surface area contributed by atoms with E-state index in [1.807, 2.05) is 0 Å². The molecule has 2 amide bonds. The van der Waals surface area contributed by atoms with Crippen LogP contribution in [0, 0.1) is 0 Å². The number of aliphatic carboxylic acids is 1. The van der Waals surface area contributed by atoms with Crippen molar-refractivity contribution in [1.29, 1.82) is 0 Å². The van der Waals surface area contributed by atoms with Gasteiger partial charge in [0.05, 0.1) is 13.2 Å². The number of carboxylic acids is 1. The molecule has 0 aliphatic heterocycles. The van der Waals surface area contributed by atoms with Gasteiger partial charge < -0.3 is 25.6 Å². The number of rotatable bonds is 32. The van der Waals surface area contributed by atoms with E-state index in [-0.39, 0.29) is 24.5 Å². The lowest BCUT2D eigenvalue weighted by Gasteiger charge is -2.18. The van der Waals surface area contributed by atoms with Crippen LogP contribution in [0.4, 0.5) is 0 Å². The quantitative estimate of drug-likeness (QED) is 0.0451. The number of ether oxygens (including phenoxy) is 1. The molecule has 9 heteroatoms. The summed E-state index contributed by atoms with van der Waals surface area (Å²) in [4.78, 5) is 47.1. The zero-order chi connectivity index (χ0) is 32.7. The van der Waals surface area contributed by atoms with Gasteiger partial charge in [-0.2, -0.15) is 0 Å². The van der Waals surface area contributed by atoms with Crippen molar-refractivity contribution >= 4 is 23.8 Å². The minimum atomic E-state index is -1.38. The third-order valence-corrected chi connectivity index (χ3v) is 8.10. The standard InChI is InChI=1S/C35H66N2O7/c1-3-5-7-9-11-12-14-19-23-27-34(41)44-30(24-20-16-13-10-8-6-4-2)25-21-17-15-18-22-26-32(39)36-28-33(40)37-31(29-38)35(42)43/h30-31,38H,3-29H2,1-2H3,(H,36,39)(H,37,40)(H,42,43). The number of carboxylic acid groups (broad SMARTS) is 1. The molecule has 0 bridgehead atoms. The van der Waals surface area contributed by atoms with Crippen molar-refractivity contribution in [3.05, 3.63) is 0 Å². The first kappa shape index (κ1) is 41.8. The molecule has 9 nitrogen and oxygen atoms in total. The van der Waals surface area contributed by atoms with Crippen LogP contribution in [0.3, 0.4) is 0 Å². The summed E-state index contributed by atoms with van der Waals surface area (Å²) in [7, 11) is 0. The fraction of sp³-hybridized carbons (Fsp3) is 0.886. The van der Waals surface area contributed by atoms with Crippen molar-refractivity contribution < 1.29 is 34.1 Å². The first-order valence-electron chi connectivity index (χ1n) is 17.9. The predicted molar refractivity (Wildman–Crippen MR) is 176 cm³/mol. The summed E-state index contributed by atoms with van der Waals surface area (Å²) in [5.41, 5.74) is 0. The lowest BCUT2D eigenvalue weighted by Crippen LogP contribution is -2.47. The van der Waals surface area contributed by atoms with Gasteiger partial charge in [-0.05, 0) is 38.5 Å². The van der Waals surface area contributed by atoms with E-state index in [2.05, 4.69) is 24.5 Å². The molecule has 258 valence electrons. The van der Waals surface area contributed by atoms with E-state index < -0.39 is 24.5 Å². The van der Waals surface area contributed by atoms with Crippen molar-refractivity contribution in [3.8, 4) is 0 Å². The van der Waals surface area contributed by atoms with Gasteiger partial charge in [0.25, 0.3) is 0 Å². The summed E-state index contributed by atoms with van der Waals surface area (Å²) in [6.07, 6.45) is 27.0. The normalized spacial score (nSPS) is 12.4. The van der Waals surface area contributed by atoms with Gasteiger partial charge in [0.15, 0.2) is 0 Å². The lowest BCUT2D eigenvalue weighted by molar-refractivity contribution is -0.150. The fourth-order valence-electron chi connectivity index (χ4n) is 5.30. The molecular weight excluding hydrogens is 560 g/mol. The molecule has 0 aromatic rings. The molecule has 0 aliphatic carbocycles. The molecule has 0 fully saturated rings. The van der Waals surface area contributed by atoms with E-state index in [1.165, 1.54) is 83.5 Å². The summed E-state index contributed by atoms with van der Waals surface area (Å²) >= 11 is 0. The molecule has 0 aliphatic rings. The molecule has 0 aromatic heterocycles. The van der Waals surface area contributed by atoms with Crippen molar-refractivity contribution in [2.75, 3.05) is 13.2 Å². The summed E-state index contributed by atoms with van der Waals surface area (Å²) in [5, 5.41) is 22.4. The Kier molecular flexibility index (Phi) is 29.3. The molecule has 2 unspecified atom stereocenters. The van der Waals surface area contributed by atoms with E-state index in [1.54, 1.807) is 0 Å². The van der Waals surface area contributed by atoms with Gasteiger partial charge in [0.2, 0.25) is 11.8 Å². The number of hydrogen-bond donors (Lipinski definition) is 4. The van der Waals surface area contributed by atoms with Crippen LogP contribution in [0.15, 0.2) is 0 Å². The third kappa shape index (κ3) is 27.4. The van der Waals surface area contributed by atoms with E-state index in [4.69, 9.17) is 14.9 Å². The van der Waals surface area contributed by atoms with Gasteiger partial charge in [-0.15, -0.1) is 0 Å². The second-order valence-corrected chi connectivity index (χ2v) is 12.3. The summed E-state index contributed by atoms with van der Waals surface area (Å²) in [6.45, 7) is 3.44. The number of nitrogens with one attached hydrogen (secondary N) is 2. The Morgan fingerprint density at radius 2 is 1.02 bits per heavy atom. The second kappa shape index (κ2) is 30.8. The van der Waals surface area contributed by atoms with Gasteiger partial charge in [-0.3, -0.25) is 14.4 Å². The topological polar surface area (TPSA) is 142 Å². The highest BCUT2D eigenvalue weighted by molar-refractivity contribution is 5.87. The number of aliphatic hydroxyl groups is 1. The largest absolute Gasteiger partial charge is 0.480 e. The molecule has 0 aromatic carbocycles.